The number of hydrogen-bond donors (Lipinski definition) is 1. The van der Waals surface area contributed by atoms with Crippen LogP contribution in [0.5, 0.6) is 0 Å². The summed E-state index contributed by atoms with van der Waals surface area (Å²) in [6.45, 7) is 9.02. The van der Waals surface area contributed by atoms with Crippen molar-refractivity contribution >= 4 is 11.7 Å². The van der Waals surface area contributed by atoms with Gasteiger partial charge in [-0.05, 0) is 37.0 Å². The van der Waals surface area contributed by atoms with Gasteiger partial charge in [-0.25, -0.2) is 9.86 Å². The number of aliphatic carboxylic acids is 1. The maximum Gasteiger partial charge on any atom is 0.331 e. The second-order valence-corrected chi connectivity index (χ2v) is 5.96. The number of hydroxylamine groups is 1. The third kappa shape index (κ3) is 2.82. The van der Waals surface area contributed by atoms with Crippen LogP contribution < -0.4 is 5.06 Å². The van der Waals surface area contributed by atoms with Gasteiger partial charge in [0.2, 0.25) is 0 Å². The van der Waals surface area contributed by atoms with Crippen molar-refractivity contribution in [2.45, 2.75) is 45.6 Å². The first-order valence-electron chi connectivity index (χ1n) is 5.88. The lowest BCUT2D eigenvalue weighted by atomic mass is 9.87. The van der Waals surface area contributed by atoms with Gasteiger partial charge in [0, 0.05) is 0 Å². The van der Waals surface area contributed by atoms with Gasteiger partial charge in [0.1, 0.15) is 0 Å². The van der Waals surface area contributed by atoms with E-state index in [4.69, 9.17) is 5.11 Å². The van der Waals surface area contributed by atoms with Gasteiger partial charge >= 0.3 is 5.97 Å². The van der Waals surface area contributed by atoms with E-state index in [2.05, 4.69) is 20.8 Å². The highest BCUT2D eigenvalue weighted by molar-refractivity contribution is 5.81. The number of hydrogen-bond acceptors (Lipinski definition) is 2. The predicted octanol–water partition coefficient (Wildman–Crippen LogP) is 3.00. The zero-order valence-electron chi connectivity index (χ0n) is 11.5. The topological polar surface area (TPSA) is 60.4 Å². The largest absolute Gasteiger partial charge is 0.479 e. The first-order valence-corrected chi connectivity index (χ1v) is 5.88. The van der Waals surface area contributed by atoms with E-state index in [1.807, 2.05) is 12.1 Å². The molecule has 0 aliphatic carbocycles. The molecule has 4 nitrogen and oxygen atoms in total. The Labute approximate surface area is 108 Å². The van der Waals surface area contributed by atoms with Crippen LogP contribution in [0.15, 0.2) is 24.3 Å². The Morgan fingerprint density at radius 2 is 1.50 bits per heavy atom. The summed E-state index contributed by atoms with van der Waals surface area (Å²) in [6, 6.07) is 7.05. The molecule has 0 saturated carbocycles. The average molecular weight is 250 g/mol. The van der Waals surface area contributed by atoms with Crippen molar-refractivity contribution in [2.75, 3.05) is 5.06 Å². The molecule has 1 radical (unpaired) electrons. The highest BCUT2D eigenvalue weighted by Crippen LogP contribution is 2.27. The number of carboxylic acids is 1. The van der Waals surface area contributed by atoms with Gasteiger partial charge in [0.05, 0.1) is 5.69 Å². The molecule has 99 valence electrons. The molecule has 0 atom stereocenters. The zero-order chi connectivity index (χ0) is 14.1. The monoisotopic (exact) mass is 250 g/mol. The molecule has 18 heavy (non-hydrogen) atoms. The van der Waals surface area contributed by atoms with E-state index >= 15 is 0 Å². The van der Waals surface area contributed by atoms with E-state index in [1.165, 1.54) is 13.8 Å². The smallest absolute Gasteiger partial charge is 0.331 e. The summed E-state index contributed by atoms with van der Waals surface area (Å²) in [7, 11) is 0. The standard InChI is InChI=1S/C14H20NO3/c1-13(2,3)10-6-8-11(9-7-10)15(18)14(4,5)12(16)17/h6-9H,1-5H3,(H,16,17). The Morgan fingerprint density at radius 1 is 1.06 bits per heavy atom. The molecule has 0 heterocycles. The van der Waals surface area contributed by atoms with Gasteiger partial charge in [-0.1, -0.05) is 38.1 Å². The summed E-state index contributed by atoms with van der Waals surface area (Å²) >= 11 is 0. The van der Waals surface area contributed by atoms with Crippen molar-refractivity contribution in [3.63, 3.8) is 0 Å². The Hall–Kier alpha value is -1.55. The van der Waals surface area contributed by atoms with Crippen LogP contribution in [-0.4, -0.2) is 16.6 Å². The molecular weight excluding hydrogens is 230 g/mol. The molecule has 0 spiro atoms. The minimum absolute atomic E-state index is 0.00849. The average Bonchev–Trinajstić information content (AvgIpc) is 2.26. The molecule has 1 aromatic carbocycles. The highest BCUT2D eigenvalue weighted by Gasteiger charge is 2.35. The lowest BCUT2D eigenvalue weighted by Crippen LogP contribution is -2.47. The number of carboxylic acid groups (broad SMARTS) is 1. The zero-order valence-corrected chi connectivity index (χ0v) is 11.5. The van der Waals surface area contributed by atoms with Crippen molar-refractivity contribution in [2.24, 2.45) is 0 Å². The second-order valence-electron chi connectivity index (χ2n) is 5.96. The number of nitrogens with zero attached hydrogens (tertiary/aromatic N) is 1. The summed E-state index contributed by atoms with van der Waals surface area (Å²) in [6.07, 6.45) is 0. The molecule has 1 N–H and O–H groups in total. The molecule has 0 saturated heterocycles. The minimum Gasteiger partial charge on any atom is -0.479 e. The Balaban J connectivity index is 3.03. The number of carbonyl (C=O) groups is 1. The van der Waals surface area contributed by atoms with E-state index < -0.39 is 11.5 Å². The lowest BCUT2D eigenvalue weighted by Gasteiger charge is -2.29. The van der Waals surface area contributed by atoms with Gasteiger partial charge in [-0.2, -0.15) is 0 Å². The van der Waals surface area contributed by atoms with E-state index in [1.54, 1.807) is 12.1 Å². The molecule has 0 fully saturated rings. The van der Waals surface area contributed by atoms with Gasteiger partial charge in [0.15, 0.2) is 5.54 Å². The van der Waals surface area contributed by atoms with E-state index in [9.17, 15) is 10.0 Å². The van der Waals surface area contributed by atoms with Crippen molar-refractivity contribution in [3.05, 3.63) is 29.8 Å². The van der Waals surface area contributed by atoms with Crippen LogP contribution in [0, 0.1) is 0 Å². The minimum atomic E-state index is -1.47. The molecule has 0 aromatic heterocycles. The molecule has 1 aromatic rings. The molecule has 0 aliphatic heterocycles. The fourth-order valence-corrected chi connectivity index (χ4v) is 1.51. The summed E-state index contributed by atoms with van der Waals surface area (Å²) in [4.78, 5) is 11.0. The van der Waals surface area contributed by atoms with Gasteiger partial charge in [0.25, 0.3) is 0 Å². The Morgan fingerprint density at radius 3 is 1.83 bits per heavy atom. The molecule has 0 unspecified atom stereocenters. The number of benzene rings is 1. The van der Waals surface area contributed by atoms with Crippen molar-refractivity contribution < 1.29 is 15.1 Å². The van der Waals surface area contributed by atoms with Crippen molar-refractivity contribution in [3.8, 4) is 0 Å². The molecule has 4 heteroatoms. The predicted molar refractivity (Wildman–Crippen MR) is 70.0 cm³/mol. The highest BCUT2D eigenvalue weighted by atomic mass is 16.5. The fourth-order valence-electron chi connectivity index (χ4n) is 1.51. The number of anilines is 1. The molecule has 0 amide bonds. The third-order valence-electron chi connectivity index (χ3n) is 3.00. The lowest BCUT2D eigenvalue weighted by molar-refractivity contribution is -0.145. The quantitative estimate of drug-likeness (QED) is 0.839. The van der Waals surface area contributed by atoms with Crippen molar-refractivity contribution in [1.82, 2.24) is 0 Å². The van der Waals surface area contributed by atoms with Gasteiger partial charge in [-0.3, -0.25) is 0 Å². The maximum absolute atomic E-state index is 12.0. The first-order chi connectivity index (χ1) is 8.06. The Kier molecular flexibility index (Phi) is 3.72. The van der Waals surface area contributed by atoms with Crippen LogP contribution >= 0.6 is 0 Å². The van der Waals surface area contributed by atoms with Gasteiger partial charge < -0.3 is 5.11 Å². The summed E-state index contributed by atoms with van der Waals surface area (Å²) < 4.78 is 0. The van der Waals surface area contributed by atoms with Crippen LogP contribution in [-0.2, 0) is 15.4 Å². The molecule has 1 rings (SSSR count). The first kappa shape index (κ1) is 14.5. The van der Waals surface area contributed by atoms with Crippen LogP contribution in [0.4, 0.5) is 5.69 Å². The molecule has 0 aliphatic rings. The maximum atomic E-state index is 12.0. The van der Waals surface area contributed by atoms with E-state index in [0.717, 1.165) is 5.56 Å². The SMILES string of the molecule is CC(C)(C)c1ccc(N([O])C(C)(C)C(=O)O)cc1. The number of rotatable bonds is 3. The molecule has 0 bridgehead atoms. The second kappa shape index (κ2) is 4.61. The van der Waals surface area contributed by atoms with Crippen LogP contribution in [0.3, 0.4) is 0 Å². The summed E-state index contributed by atoms with van der Waals surface area (Å²) in [5.74, 6) is -1.14. The Bertz CT molecular complexity index is 429. The third-order valence-corrected chi connectivity index (χ3v) is 3.00. The summed E-state index contributed by atoms with van der Waals surface area (Å²) in [5.41, 5.74) is 0.000772. The van der Waals surface area contributed by atoms with Crippen LogP contribution in [0.25, 0.3) is 0 Å². The normalized spacial score (nSPS) is 12.3. The van der Waals surface area contributed by atoms with Crippen LogP contribution in [0.1, 0.15) is 40.2 Å². The van der Waals surface area contributed by atoms with E-state index in [0.29, 0.717) is 10.8 Å². The van der Waals surface area contributed by atoms with E-state index in [-0.39, 0.29) is 5.41 Å². The fraction of sp³-hybridized carbons (Fsp3) is 0.500. The van der Waals surface area contributed by atoms with Crippen molar-refractivity contribution in [1.29, 1.82) is 0 Å². The molecular formula is C14H20NO3. The van der Waals surface area contributed by atoms with Crippen LogP contribution in [0.2, 0.25) is 0 Å². The van der Waals surface area contributed by atoms with Gasteiger partial charge in [-0.15, -0.1) is 0 Å². The summed E-state index contributed by atoms with van der Waals surface area (Å²) in [5, 5.41) is 21.5.